The van der Waals surface area contributed by atoms with Gasteiger partial charge in [0.2, 0.25) is 0 Å². The zero-order valence-corrected chi connectivity index (χ0v) is 16.1. The molecule has 1 aromatic rings. The van der Waals surface area contributed by atoms with Crippen molar-refractivity contribution in [1.82, 2.24) is 0 Å². The molecule has 0 heterocycles. The molecule has 0 fully saturated rings. The molecule has 0 aliphatic rings. The molecular weight excluding hydrogens is 446 g/mol. The Morgan fingerprint density at radius 3 is 1.58 bits per heavy atom. The van der Waals surface area contributed by atoms with Gasteiger partial charge in [-0.15, -0.1) is 12.4 Å². The fourth-order valence-corrected chi connectivity index (χ4v) is 2.25. The van der Waals surface area contributed by atoms with Crippen molar-refractivity contribution in [2.75, 3.05) is 6.61 Å². The Morgan fingerprint density at radius 1 is 0.871 bits per heavy atom. The van der Waals surface area contributed by atoms with E-state index in [0.717, 1.165) is 0 Å². The van der Waals surface area contributed by atoms with Gasteiger partial charge in [-0.05, 0) is 57.4 Å². The largest absolute Gasteiger partial charge is 0.416 e. The summed E-state index contributed by atoms with van der Waals surface area (Å²) in [5, 5.41) is 0. The van der Waals surface area contributed by atoms with Gasteiger partial charge in [-0.1, -0.05) is 29.7 Å². The SMILES string of the molecule is C.C.C.C.CC(N)CC[C@@](C)(N)CO[C@H](C)c1cc(C(F)(F)F)cc(C(F)(F)F)c1.Cl. The first-order chi connectivity index (χ1) is 11.6. The average Bonchev–Trinajstić information content (AvgIpc) is 2.48. The van der Waals surface area contributed by atoms with E-state index in [9.17, 15) is 26.3 Å². The molecule has 0 saturated carbocycles. The number of halogens is 7. The maximum Gasteiger partial charge on any atom is 0.416 e. The van der Waals surface area contributed by atoms with E-state index in [4.69, 9.17) is 16.2 Å². The maximum absolute atomic E-state index is 12.9. The molecule has 0 aliphatic heterocycles. The Labute approximate surface area is 190 Å². The first kappa shape index (κ1) is 40.3. The molecule has 3 atom stereocenters. The summed E-state index contributed by atoms with van der Waals surface area (Å²) in [4.78, 5) is 0. The van der Waals surface area contributed by atoms with E-state index in [1.165, 1.54) is 6.92 Å². The smallest absolute Gasteiger partial charge is 0.372 e. The predicted molar refractivity (Wildman–Crippen MR) is 120 cm³/mol. The Balaban J connectivity index is -0.000000451. The minimum Gasteiger partial charge on any atom is -0.372 e. The van der Waals surface area contributed by atoms with Gasteiger partial charge in [0.15, 0.2) is 0 Å². The molecule has 0 amide bonds. The second kappa shape index (κ2) is 14.9. The van der Waals surface area contributed by atoms with Crippen LogP contribution >= 0.6 is 12.4 Å². The second-order valence-corrected chi connectivity index (χ2v) is 6.96. The Kier molecular flexibility index (Phi) is 19.4. The lowest BCUT2D eigenvalue weighted by molar-refractivity contribution is -0.143. The molecule has 4 N–H and O–H groups in total. The maximum atomic E-state index is 12.9. The minimum absolute atomic E-state index is 0. The van der Waals surface area contributed by atoms with Crippen LogP contribution in [0.15, 0.2) is 18.2 Å². The summed E-state index contributed by atoms with van der Waals surface area (Å²) in [6.07, 6.45) is -9.65. The van der Waals surface area contributed by atoms with E-state index in [1.54, 1.807) is 13.8 Å². The molecule has 1 aromatic carbocycles. The molecule has 31 heavy (non-hydrogen) atoms. The van der Waals surface area contributed by atoms with Crippen LogP contribution in [0.4, 0.5) is 26.3 Å². The summed E-state index contributed by atoms with van der Waals surface area (Å²) >= 11 is 0. The van der Waals surface area contributed by atoms with Crippen molar-refractivity contribution in [2.24, 2.45) is 11.5 Å². The number of hydrogen-bond donors (Lipinski definition) is 2. The number of nitrogens with two attached hydrogens (primary N) is 2. The van der Waals surface area contributed by atoms with E-state index >= 15 is 0 Å². The van der Waals surface area contributed by atoms with Gasteiger partial charge in [-0.25, -0.2) is 0 Å². The fraction of sp³-hybridized carbons (Fsp3) is 0.714. The lowest BCUT2D eigenvalue weighted by Gasteiger charge is -2.27. The fourth-order valence-electron chi connectivity index (χ4n) is 2.25. The van der Waals surface area contributed by atoms with Crippen LogP contribution in [0.1, 0.15) is 86.1 Å². The van der Waals surface area contributed by atoms with E-state index in [0.29, 0.717) is 25.0 Å². The Bertz CT molecular complexity index is 572. The standard InChI is InChI=1S/C17H24F6N2O.4CH4.ClH/c1-10(24)4-5-15(3,25)9-26-11(2)12-6-13(16(18,19)20)8-14(7-12)17(21,22)23;;;;;/h6-8,10-11H,4-5,9,24-25H2,1-3H3;4*1H4;1H/t10?,11-,15-;;;;;/m1...../s1. The lowest BCUT2D eigenvalue weighted by atomic mass is 9.96. The van der Waals surface area contributed by atoms with Crippen LogP contribution in [0, 0.1) is 0 Å². The number of ether oxygens (including phenoxy) is 1. The third-order valence-electron chi connectivity index (χ3n) is 3.91. The molecule has 1 rings (SSSR count). The van der Waals surface area contributed by atoms with Crippen molar-refractivity contribution in [3.63, 3.8) is 0 Å². The molecule has 0 saturated heterocycles. The van der Waals surface area contributed by atoms with Gasteiger partial charge < -0.3 is 16.2 Å². The molecule has 10 heteroatoms. The Morgan fingerprint density at radius 2 is 1.26 bits per heavy atom. The highest BCUT2D eigenvalue weighted by Crippen LogP contribution is 2.38. The summed E-state index contributed by atoms with van der Waals surface area (Å²) < 4.78 is 82.9. The van der Waals surface area contributed by atoms with Crippen LogP contribution in [-0.2, 0) is 17.1 Å². The normalized spacial score (nSPS) is 14.8. The van der Waals surface area contributed by atoms with Gasteiger partial charge in [0.1, 0.15) is 0 Å². The highest BCUT2D eigenvalue weighted by molar-refractivity contribution is 5.85. The zero-order valence-electron chi connectivity index (χ0n) is 15.2. The minimum atomic E-state index is -4.89. The van der Waals surface area contributed by atoms with Crippen LogP contribution in [-0.4, -0.2) is 18.2 Å². The van der Waals surface area contributed by atoms with Crippen LogP contribution in [0.3, 0.4) is 0 Å². The van der Waals surface area contributed by atoms with Gasteiger partial charge in [0.25, 0.3) is 0 Å². The Hall–Kier alpha value is -1.03. The second-order valence-electron chi connectivity index (χ2n) is 6.96. The molecule has 0 bridgehead atoms. The zero-order chi connectivity index (χ0) is 20.3. The number of hydrogen-bond acceptors (Lipinski definition) is 3. The van der Waals surface area contributed by atoms with Crippen molar-refractivity contribution in [2.45, 2.75) is 93.4 Å². The van der Waals surface area contributed by atoms with Crippen molar-refractivity contribution in [3.8, 4) is 0 Å². The van der Waals surface area contributed by atoms with E-state index in [1.807, 2.05) is 0 Å². The molecule has 1 unspecified atom stereocenters. The topological polar surface area (TPSA) is 61.3 Å². The highest BCUT2D eigenvalue weighted by Gasteiger charge is 2.37. The van der Waals surface area contributed by atoms with Gasteiger partial charge in [-0.2, -0.15) is 26.3 Å². The summed E-state index contributed by atoms with van der Waals surface area (Å²) in [7, 11) is 0. The van der Waals surface area contributed by atoms with Crippen molar-refractivity contribution >= 4 is 12.4 Å². The van der Waals surface area contributed by atoms with Crippen LogP contribution < -0.4 is 11.5 Å². The summed E-state index contributed by atoms with van der Waals surface area (Å²) in [6, 6.07) is 1.34. The summed E-state index contributed by atoms with van der Waals surface area (Å²) in [5.41, 5.74) is 7.95. The predicted octanol–water partition coefficient (Wildman–Crippen LogP) is 7.61. The van der Waals surface area contributed by atoms with Crippen molar-refractivity contribution in [1.29, 1.82) is 0 Å². The first-order valence-corrected chi connectivity index (χ1v) is 8.07. The molecule has 190 valence electrons. The summed E-state index contributed by atoms with van der Waals surface area (Å²) in [6.45, 7) is 4.85. The lowest BCUT2D eigenvalue weighted by Crippen LogP contribution is -2.42. The quantitative estimate of drug-likeness (QED) is 0.390. The van der Waals surface area contributed by atoms with Gasteiger partial charge in [0, 0.05) is 11.6 Å². The number of benzene rings is 1. The van der Waals surface area contributed by atoms with E-state index in [2.05, 4.69) is 0 Å². The molecule has 0 radical (unpaired) electrons. The first-order valence-electron chi connectivity index (χ1n) is 8.07. The van der Waals surface area contributed by atoms with Crippen molar-refractivity contribution in [3.05, 3.63) is 34.9 Å². The third kappa shape index (κ3) is 13.9. The number of rotatable bonds is 7. The monoisotopic (exact) mass is 486 g/mol. The third-order valence-corrected chi connectivity index (χ3v) is 3.91. The molecule has 0 aliphatic carbocycles. The van der Waals surface area contributed by atoms with E-state index < -0.39 is 35.1 Å². The molecule has 3 nitrogen and oxygen atoms in total. The van der Waals surface area contributed by atoms with Gasteiger partial charge in [0.05, 0.1) is 23.8 Å². The van der Waals surface area contributed by atoms with Crippen LogP contribution in [0.2, 0.25) is 0 Å². The van der Waals surface area contributed by atoms with Crippen LogP contribution in [0.5, 0.6) is 0 Å². The van der Waals surface area contributed by atoms with Gasteiger partial charge in [-0.3, -0.25) is 0 Å². The molecular formula is C21H41ClF6N2O. The van der Waals surface area contributed by atoms with Gasteiger partial charge >= 0.3 is 12.4 Å². The average molecular weight is 487 g/mol. The molecule has 0 spiro atoms. The molecule has 0 aromatic heterocycles. The van der Waals surface area contributed by atoms with Crippen LogP contribution in [0.25, 0.3) is 0 Å². The van der Waals surface area contributed by atoms with E-state index in [-0.39, 0.29) is 66.4 Å². The highest BCUT2D eigenvalue weighted by atomic mass is 35.5. The number of alkyl halides is 6. The summed E-state index contributed by atoms with van der Waals surface area (Å²) in [5.74, 6) is 0. The van der Waals surface area contributed by atoms with Crippen molar-refractivity contribution < 1.29 is 31.1 Å².